The molecule has 6 aliphatic carbocycles. The van der Waals surface area contributed by atoms with Crippen molar-refractivity contribution in [2.45, 2.75) is 78.1 Å². The minimum atomic E-state index is -0.119. The van der Waals surface area contributed by atoms with Crippen molar-refractivity contribution < 1.29 is 9.59 Å². The van der Waals surface area contributed by atoms with Crippen molar-refractivity contribution >= 4 is 11.6 Å². The van der Waals surface area contributed by atoms with Gasteiger partial charge in [0.15, 0.2) is 5.78 Å². The Morgan fingerprint density at radius 2 is 1.81 bits per heavy atom. The number of carbonyl (C=O) groups excluding carboxylic acids is 2. The van der Waals surface area contributed by atoms with Crippen molar-refractivity contribution in [3.63, 3.8) is 0 Å². The summed E-state index contributed by atoms with van der Waals surface area (Å²) in [6, 6.07) is 0. The molecule has 0 radical (unpaired) electrons. The van der Waals surface area contributed by atoms with E-state index in [9.17, 15) is 9.59 Å². The Kier molecular flexibility index (Phi) is 2.71. The molecule has 0 aromatic heterocycles. The number of rotatable bonds is 0. The van der Waals surface area contributed by atoms with Crippen LogP contribution in [0.5, 0.6) is 0 Å². The molecule has 2 heteroatoms. The van der Waals surface area contributed by atoms with Gasteiger partial charge in [-0.25, -0.2) is 0 Å². The first-order valence-corrected chi connectivity index (χ1v) is 10.8. The summed E-state index contributed by atoms with van der Waals surface area (Å²) in [4.78, 5) is 25.4. The van der Waals surface area contributed by atoms with Gasteiger partial charge in [-0.05, 0) is 85.5 Å². The van der Waals surface area contributed by atoms with Crippen LogP contribution in [0.3, 0.4) is 0 Å². The molecule has 0 aromatic carbocycles. The molecule has 0 saturated heterocycles. The second-order valence-corrected chi connectivity index (χ2v) is 10.9. The van der Waals surface area contributed by atoms with Crippen LogP contribution < -0.4 is 0 Å². The van der Waals surface area contributed by atoms with Gasteiger partial charge in [0, 0.05) is 12.8 Å². The highest BCUT2D eigenvalue weighted by Crippen LogP contribution is 2.76. The lowest BCUT2D eigenvalue weighted by atomic mass is 9.44. The number of fused-ring (bicyclic) bond motifs is 5. The monoisotopic (exact) mass is 350 g/mol. The van der Waals surface area contributed by atoms with Crippen LogP contribution in [-0.2, 0) is 9.59 Å². The number of allylic oxidation sites excluding steroid dienone is 4. The van der Waals surface area contributed by atoms with E-state index in [4.69, 9.17) is 0 Å². The molecular formula is C24H30O2. The second kappa shape index (κ2) is 4.45. The van der Waals surface area contributed by atoms with Gasteiger partial charge in [0.05, 0.1) is 5.41 Å². The molecule has 0 aliphatic heterocycles. The number of Topliss-reactive ketones (excluding diaryl/α,β-unsaturated/α-hetero) is 1. The van der Waals surface area contributed by atoms with E-state index in [1.165, 1.54) is 31.3 Å². The second-order valence-electron chi connectivity index (χ2n) is 10.9. The maximum absolute atomic E-state index is 13.2. The molecule has 138 valence electrons. The minimum Gasteiger partial charge on any atom is -0.299 e. The van der Waals surface area contributed by atoms with Gasteiger partial charge in [0.2, 0.25) is 0 Å². The van der Waals surface area contributed by atoms with Gasteiger partial charge in [0.1, 0.15) is 5.78 Å². The smallest absolute Gasteiger partial charge is 0.155 e. The van der Waals surface area contributed by atoms with Gasteiger partial charge in [-0.3, -0.25) is 9.59 Å². The van der Waals surface area contributed by atoms with E-state index in [1.54, 1.807) is 5.57 Å². The highest BCUT2D eigenvalue weighted by molar-refractivity contribution is 5.93. The number of hydrogen-bond donors (Lipinski definition) is 0. The summed E-state index contributed by atoms with van der Waals surface area (Å²) in [6.07, 6.45) is 15.3. The first-order chi connectivity index (χ1) is 12.3. The number of carbonyl (C=O) groups is 2. The van der Waals surface area contributed by atoms with Crippen LogP contribution in [-0.4, -0.2) is 11.6 Å². The molecule has 6 aliphatic rings. The first-order valence-electron chi connectivity index (χ1n) is 10.8. The molecule has 4 unspecified atom stereocenters. The molecular weight excluding hydrogens is 320 g/mol. The van der Waals surface area contributed by atoms with Gasteiger partial charge < -0.3 is 0 Å². The zero-order valence-electron chi connectivity index (χ0n) is 16.2. The summed E-state index contributed by atoms with van der Waals surface area (Å²) in [5, 5.41) is 0. The van der Waals surface area contributed by atoms with Gasteiger partial charge >= 0.3 is 0 Å². The maximum Gasteiger partial charge on any atom is 0.155 e. The van der Waals surface area contributed by atoms with Crippen molar-refractivity contribution in [3.8, 4) is 0 Å². The Hall–Kier alpha value is -1.18. The predicted molar refractivity (Wildman–Crippen MR) is 100 cm³/mol. The zero-order valence-corrected chi connectivity index (χ0v) is 16.2. The molecule has 5 atom stereocenters. The maximum atomic E-state index is 13.2. The van der Waals surface area contributed by atoms with Crippen molar-refractivity contribution in [2.75, 3.05) is 0 Å². The molecule has 2 spiro atoms. The van der Waals surface area contributed by atoms with Gasteiger partial charge in [-0.1, -0.05) is 31.1 Å². The minimum absolute atomic E-state index is 0.119. The highest BCUT2D eigenvalue weighted by Gasteiger charge is 2.69. The van der Waals surface area contributed by atoms with E-state index < -0.39 is 0 Å². The molecule has 0 aromatic rings. The molecule has 4 fully saturated rings. The topological polar surface area (TPSA) is 34.1 Å². The lowest BCUT2D eigenvalue weighted by molar-refractivity contribution is -0.130. The van der Waals surface area contributed by atoms with Gasteiger partial charge in [0.25, 0.3) is 0 Å². The molecule has 6 rings (SSSR count). The fourth-order valence-corrected chi connectivity index (χ4v) is 8.52. The van der Waals surface area contributed by atoms with Crippen molar-refractivity contribution in [1.29, 1.82) is 0 Å². The number of ketones is 2. The van der Waals surface area contributed by atoms with Crippen molar-refractivity contribution in [3.05, 3.63) is 23.3 Å². The van der Waals surface area contributed by atoms with Crippen molar-refractivity contribution in [1.82, 2.24) is 0 Å². The largest absolute Gasteiger partial charge is 0.299 e. The Bertz CT molecular complexity index is 812. The van der Waals surface area contributed by atoms with E-state index in [-0.39, 0.29) is 16.2 Å². The summed E-state index contributed by atoms with van der Waals surface area (Å²) in [6.45, 7) is 4.86. The summed E-state index contributed by atoms with van der Waals surface area (Å²) in [7, 11) is 0. The third-order valence-corrected chi connectivity index (χ3v) is 10.1. The Morgan fingerprint density at radius 1 is 1.00 bits per heavy atom. The third kappa shape index (κ3) is 1.55. The third-order valence-electron chi connectivity index (χ3n) is 10.1. The predicted octanol–water partition coefficient (Wildman–Crippen LogP) is 5.18. The van der Waals surface area contributed by atoms with Crippen LogP contribution in [0.15, 0.2) is 23.3 Å². The molecule has 26 heavy (non-hydrogen) atoms. The summed E-state index contributed by atoms with van der Waals surface area (Å²) >= 11 is 0. The Morgan fingerprint density at radius 3 is 2.58 bits per heavy atom. The lowest BCUT2D eigenvalue weighted by Crippen LogP contribution is -2.53. The van der Waals surface area contributed by atoms with Crippen LogP contribution >= 0.6 is 0 Å². The molecule has 4 saturated carbocycles. The van der Waals surface area contributed by atoms with Crippen LogP contribution in [0.4, 0.5) is 0 Å². The van der Waals surface area contributed by atoms with E-state index in [2.05, 4.69) is 26.0 Å². The van der Waals surface area contributed by atoms with E-state index in [0.29, 0.717) is 28.8 Å². The molecule has 0 bridgehead atoms. The Balaban J connectivity index is 1.49. The van der Waals surface area contributed by atoms with Gasteiger partial charge in [-0.15, -0.1) is 0 Å². The standard InChI is InChI=1S/C24H30O2/c1-21-7-4-18-16-14-23(11-12-23)19-13-15(25)3-9-22(19,2)17(16)5-10-24(18,21)20(26)6-8-21/h4,13,16-17H,3,5-12,14H2,1-2H3/t16?,17?,21-,22?,24?/m0/s1. The van der Waals surface area contributed by atoms with Gasteiger partial charge in [-0.2, -0.15) is 0 Å². The zero-order chi connectivity index (χ0) is 17.9. The van der Waals surface area contributed by atoms with E-state index in [0.717, 1.165) is 38.5 Å². The molecule has 0 N–H and O–H groups in total. The van der Waals surface area contributed by atoms with Crippen LogP contribution in [0.2, 0.25) is 0 Å². The van der Waals surface area contributed by atoms with Crippen LogP contribution in [0.25, 0.3) is 0 Å². The van der Waals surface area contributed by atoms with E-state index >= 15 is 0 Å². The highest BCUT2D eigenvalue weighted by atomic mass is 16.1. The van der Waals surface area contributed by atoms with Crippen molar-refractivity contribution in [2.24, 2.45) is 33.5 Å². The fourth-order valence-electron chi connectivity index (χ4n) is 8.52. The summed E-state index contributed by atoms with van der Waals surface area (Å²) < 4.78 is 0. The molecule has 0 heterocycles. The Labute approximate surface area is 156 Å². The average molecular weight is 351 g/mol. The quantitative estimate of drug-likeness (QED) is 0.564. The summed E-state index contributed by atoms with van der Waals surface area (Å²) in [5.74, 6) is 2.14. The normalized spacial score (nSPS) is 50.5. The van der Waals surface area contributed by atoms with Crippen LogP contribution in [0, 0.1) is 33.5 Å². The molecule has 2 nitrogen and oxygen atoms in total. The number of hydrogen-bond acceptors (Lipinski definition) is 2. The molecule has 0 amide bonds. The summed E-state index contributed by atoms with van der Waals surface area (Å²) in [5.41, 5.74) is 3.63. The average Bonchev–Trinajstić information content (AvgIpc) is 3.25. The van der Waals surface area contributed by atoms with Crippen LogP contribution in [0.1, 0.15) is 78.1 Å². The lowest BCUT2D eigenvalue weighted by Gasteiger charge is -2.59. The first kappa shape index (κ1) is 15.8. The SMILES string of the molecule is CC12CCC(=O)C=C1C1(CC1)CC1C3=CC[C@@]4(C)CCC(=O)C34CCC12. The van der Waals surface area contributed by atoms with E-state index in [1.807, 2.05) is 0 Å². The fraction of sp³-hybridized carbons (Fsp3) is 0.750.